The molecule has 0 amide bonds. The van der Waals surface area contributed by atoms with Crippen LogP contribution in [-0.2, 0) is 6.18 Å². The quantitative estimate of drug-likeness (QED) is 0.738. The second kappa shape index (κ2) is 2.84. The molecular weight excluding hydrogens is 213 g/mol. The summed E-state index contributed by atoms with van der Waals surface area (Å²) in [6.45, 7) is 0. The normalized spacial score (nSPS) is 12.2. The van der Waals surface area contributed by atoms with E-state index in [9.17, 15) is 13.2 Å². The lowest BCUT2D eigenvalue weighted by Crippen LogP contribution is -2.00. The first-order valence-corrected chi connectivity index (χ1v) is 4.52. The molecule has 6 heteroatoms. The Hall–Kier alpha value is -1.30. The highest BCUT2D eigenvalue weighted by Crippen LogP contribution is 2.37. The van der Waals surface area contributed by atoms with Gasteiger partial charge in [-0.25, -0.2) is 4.98 Å². The number of thiophene rings is 1. The number of hydrogen-bond donors (Lipinski definition) is 1. The van der Waals surface area contributed by atoms with Gasteiger partial charge in [-0.1, -0.05) is 0 Å². The van der Waals surface area contributed by atoms with Crippen molar-refractivity contribution in [3.63, 3.8) is 0 Å². The summed E-state index contributed by atoms with van der Waals surface area (Å²) in [5.74, 6) is 0.226. The van der Waals surface area contributed by atoms with E-state index in [1.807, 2.05) is 0 Å². The van der Waals surface area contributed by atoms with Gasteiger partial charge in [-0.3, -0.25) is 0 Å². The van der Waals surface area contributed by atoms with Gasteiger partial charge in [0.1, 0.15) is 10.7 Å². The van der Waals surface area contributed by atoms with E-state index in [4.69, 9.17) is 5.73 Å². The highest BCUT2D eigenvalue weighted by atomic mass is 32.1. The molecule has 0 atom stereocenters. The second-order valence-electron chi connectivity index (χ2n) is 2.73. The number of fused-ring (bicyclic) bond motifs is 1. The monoisotopic (exact) mass is 218 g/mol. The Morgan fingerprint density at radius 3 is 2.64 bits per heavy atom. The lowest BCUT2D eigenvalue weighted by Gasteiger charge is -1.99. The van der Waals surface area contributed by atoms with E-state index in [0.29, 0.717) is 21.6 Å². The molecule has 0 fully saturated rings. The van der Waals surface area contributed by atoms with Crippen LogP contribution in [0.4, 0.5) is 19.0 Å². The Balaban J connectivity index is 2.63. The molecule has 2 aromatic heterocycles. The summed E-state index contributed by atoms with van der Waals surface area (Å²) in [5, 5.41) is 0. The zero-order valence-corrected chi connectivity index (χ0v) is 7.62. The summed E-state index contributed by atoms with van der Waals surface area (Å²) in [5.41, 5.74) is 5.65. The molecule has 0 aliphatic carbocycles. The van der Waals surface area contributed by atoms with Crippen LogP contribution in [0.2, 0.25) is 0 Å². The van der Waals surface area contributed by atoms with Crippen molar-refractivity contribution in [2.24, 2.45) is 0 Å². The lowest BCUT2D eigenvalue weighted by atomic mass is 10.3. The number of aromatic nitrogens is 1. The van der Waals surface area contributed by atoms with Gasteiger partial charge in [-0.2, -0.15) is 13.2 Å². The van der Waals surface area contributed by atoms with E-state index in [2.05, 4.69) is 4.98 Å². The van der Waals surface area contributed by atoms with Crippen molar-refractivity contribution in [1.82, 2.24) is 4.98 Å². The average Bonchev–Trinajstić information content (AvgIpc) is 2.45. The van der Waals surface area contributed by atoms with Crippen LogP contribution in [0.5, 0.6) is 0 Å². The summed E-state index contributed by atoms with van der Waals surface area (Å²) < 4.78 is 37.3. The molecule has 0 saturated heterocycles. The van der Waals surface area contributed by atoms with Crippen molar-refractivity contribution >= 4 is 27.4 Å². The molecule has 2 aromatic rings. The van der Waals surface area contributed by atoms with Gasteiger partial charge in [0.05, 0.1) is 10.2 Å². The fourth-order valence-corrected chi connectivity index (χ4v) is 1.95. The summed E-state index contributed by atoms with van der Waals surface area (Å²) >= 11 is 0.670. The van der Waals surface area contributed by atoms with Gasteiger partial charge in [0.15, 0.2) is 0 Å². The SMILES string of the molecule is Nc1ccc2sc(C(F)(F)F)cc2n1. The van der Waals surface area contributed by atoms with Crippen LogP contribution in [0.25, 0.3) is 10.2 Å². The number of rotatable bonds is 0. The van der Waals surface area contributed by atoms with Gasteiger partial charge in [0.25, 0.3) is 0 Å². The van der Waals surface area contributed by atoms with Crippen LogP contribution in [0.1, 0.15) is 4.88 Å². The molecule has 14 heavy (non-hydrogen) atoms. The summed E-state index contributed by atoms with van der Waals surface area (Å²) in [4.78, 5) is 3.15. The first-order valence-electron chi connectivity index (χ1n) is 3.70. The van der Waals surface area contributed by atoms with Crippen LogP contribution in [0, 0.1) is 0 Å². The van der Waals surface area contributed by atoms with Crippen molar-refractivity contribution in [3.8, 4) is 0 Å². The third kappa shape index (κ3) is 1.52. The van der Waals surface area contributed by atoms with Crippen molar-refractivity contribution in [2.75, 3.05) is 5.73 Å². The van der Waals surface area contributed by atoms with Gasteiger partial charge >= 0.3 is 6.18 Å². The maximum Gasteiger partial charge on any atom is 0.425 e. The average molecular weight is 218 g/mol. The Morgan fingerprint density at radius 1 is 1.29 bits per heavy atom. The van der Waals surface area contributed by atoms with E-state index < -0.39 is 11.1 Å². The van der Waals surface area contributed by atoms with Gasteiger partial charge in [-0.05, 0) is 18.2 Å². The minimum Gasteiger partial charge on any atom is -0.384 e. The molecule has 2 N–H and O–H groups in total. The predicted octanol–water partition coefficient (Wildman–Crippen LogP) is 2.90. The maximum atomic E-state index is 12.3. The molecule has 2 heterocycles. The number of alkyl halides is 3. The van der Waals surface area contributed by atoms with Gasteiger partial charge in [0, 0.05) is 0 Å². The zero-order valence-electron chi connectivity index (χ0n) is 6.80. The number of halogens is 3. The Kier molecular flexibility index (Phi) is 1.88. The molecule has 74 valence electrons. The Bertz CT molecular complexity index is 475. The van der Waals surface area contributed by atoms with Gasteiger partial charge < -0.3 is 5.73 Å². The third-order valence-electron chi connectivity index (χ3n) is 1.67. The van der Waals surface area contributed by atoms with E-state index in [1.54, 1.807) is 0 Å². The van der Waals surface area contributed by atoms with Crippen LogP contribution in [0.3, 0.4) is 0 Å². The van der Waals surface area contributed by atoms with Gasteiger partial charge in [0.2, 0.25) is 0 Å². The Labute approximate surface area is 81.2 Å². The van der Waals surface area contributed by atoms with Crippen LogP contribution in [-0.4, -0.2) is 4.98 Å². The van der Waals surface area contributed by atoms with E-state index >= 15 is 0 Å². The topological polar surface area (TPSA) is 38.9 Å². The number of nitrogens with zero attached hydrogens (tertiary/aromatic N) is 1. The van der Waals surface area contributed by atoms with Crippen LogP contribution >= 0.6 is 11.3 Å². The molecular formula is C8H5F3N2S. The summed E-state index contributed by atoms with van der Waals surface area (Å²) in [6, 6.07) is 4.03. The number of hydrogen-bond acceptors (Lipinski definition) is 3. The highest BCUT2D eigenvalue weighted by molar-refractivity contribution is 7.19. The summed E-state index contributed by atoms with van der Waals surface area (Å²) in [7, 11) is 0. The van der Waals surface area contributed by atoms with Crippen molar-refractivity contribution < 1.29 is 13.2 Å². The van der Waals surface area contributed by atoms with Crippen molar-refractivity contribution in [1.29, 1.82) is 0 Å². The van der Waals surface area contributed by atoms with Crippen LogP contribution in [0.15, 0.2) is 18.2 Å². The van der Waals surface area contributed by atoms with Crippen molar-refractivity contribution in [2.45, 2.75) is 6.18 Å². The first kappa shape index (κ1) is 9.26. The van der Waals surface area contributed by atoms with Crippen LogP contribution < -0.4 is 5.73 Å². The first-order chi connectivity index (χ1) is 6.47. The molecule has 2 nitrogen and oxygen atoms in total. The fraction of sp³-hybridized carbons (Fsp3) is 0.125. The second-order valence-corrected chi connectivity index (χ2v) is 3.81. The summed E-state index contributed by atoms with van der Waals surface area (Å²) in [6.07, 6.45) is -4.31. The molecule has 0 bridgehead atoms. The largest absolute Gasteiger partial charge is 0.425 e. The van der Waals surface area contributed by atoms with E-state index in [0.717, 1.165) is 6.07 Å². The molecule has 0 aliphatic heterocycles. The van der Waals surface area contributed by atoms with E-state index in [-0.39, 0.29) is 5.82 Å². The predicted molar refractivity (Wildman–Crippen MR) is 49.0 cm³/mol. The molecule has 0 aliphatic rings. The third-order valence-corrected chi connectivity index (χ3v) is 2.81. The van der Waals surface area contributed by atoms with Crippen molar-refractivity contribution in [3.05, 3.63) is 23.1 Å². The molecule has 0 spiro atoms. The Morgan fingerprint density at radius 2 is 2.00 bits per heavy atom. The minimum absolute atomic E-state index is 0.226. The molecule has 2 rings (SSSR count). The zero-order chi connectivity index (χ0) is 10.3. The molecule has 0 aromatic carbocycles. The molecule has 0 saturated carbocycles. The van der Waals surface area contributed by atoms with Gasteiger partial charge in [-0.15, -0.1) is 11.3 Å². The minimum atomic E-state index is -4.31. The number of nitrogens with two attached hydrogens (primary N) is 1. The fourth-order valence-electron chi connectivity index (χ4n) is 1.08. The molecule has 0 radical (unpaired) electrons. The maximum absolute atomic E-state index is 12.3. The molecule has 0 unspecified atom stereocenters. The number of pyridine rings is 1. The number of nitrogen functional groups attached to an aromatic ring is 1. The highest BCUT2D eigenvalue weighted by Gasteiger charge is 2.32. The number of anilines is 1. The van der Waals surface area contributed by atoms with E-state index in [1.165, 1.54) is 12.1 Å². The standard InChI is InChI=1S/C8H5F3N2S/c9-8(10,11)6-3-4-5(14-6)1-2-7(12)13-4/h1-3H,(H2,12,13). The lowest BCUT2D eigenvalue weighted by molar-refractivity contribution is -0.134. The smallest absolute Gasteiger partial charge is 0.384 e.